The van der Waals surface area contributed by atoms with Gasteiger partial charge in [-0.05, 0) is 38.0 Å². The number of aryl methyl sites for hydroxylation is 1. The van der Waals surface area contributed by atoms with Crippen LogP contribution in [0, 0.1) is 6.92 Å². The van der Waals surface area contributed by atoms with Crippen LogP contribution in [0.4, 0.5) is 5.69 Å². The Balaban J connectivity index is 2.66. The summed E-state index contributed by atoms with van der Waals surface area (Å²) in [5.41, 5.74) is 2.13. The number of rotatable bonds is 5. The molecule has 0 saturated heterocycles. The van der Waals surface area contributed by atoms with Gasteiger partial charge in [-0.2, -0.15) is 0 Å². The second-order valence-corrected chi connectivity index (χ2v) is 3.73. The van der Waals surface area contributed by atoms with Crippen molar-refractivity contribution in [1.82, 2.24) is 0 Å². The van der Waals surface area contributed by atoms with Crippen molar-refractivity contribution in [1.29, 1.82) is 0 Å². The van der Waals surface area contributed by atoms with Gasteiger partial charge in [0.1, 0.15) is 6.04 Å². The summed E-state index contributed by atoms with van der Waals surface area (Å²) in [6, 6.07) is 7.70. The van der Waals surface area contributed by atoms with E-state index >= 15 is 0 Å². The minimum Gasteiger partial charge on any atom is -0.464 e. The summed E-state index contributed by atoms with van der Waals surface area (Å²) < 4.78 is 5.00. The van der Waals surface area contributed by atoms with Gasteiger partial charge in [-0.15, -0.1) is 0 Å². The highest BCUT2D eigenvalue weighted by Crippen LogP contribution is 2.12. The van der Waals surface area contributed by atoms with Crippen molar-refractivity contribution < 1.29 is 9.53 Å². The van der Waals surface area contributed by atoms with E-state index in [1.54, 1.807) is 0 Å². The lowest BCUT2D eigenvalue weighted by atomic mass is 10.2. The normalized spacial score (nSPS) is 11.9. The fraction of sp³-hybridized carbons (Fsp3) is 0.462. The molecular weight excluding hydrogens is 202 g/mol. The number of anilines is 1. The van der Waals surface area contributed by atoms with Gasteiger partial charge >= 0.3 is 5.97 Å². The number of carbonyl (C=O) groups excluding carboxylic acids is 1. The molecule has 0 bridgehead atoms. The monoisotopic (exact) mass is 221 g/mol. The molecule has 1 aromatic rings. The van der Waals surface area contributed by atoms with Crippen molar-refractivity contribution in [3.05, 3.63) is 29.8 Å². The maximum absolute atomic E-state index is 11.6. The SMILES string of the molecule is CCOC(=O)C(CC)Nc1cccc(C)c1. The van der Waals surface area contributed by atoms with E-state index in [1.807, 2.05) is 45.0 Å². The molecule has 16 heavy (non-hydrogen) atoms. The maximum atomic E-state index is 11.6. The van der Waals surface area contributed by atoms with Crippen LogP contribution in [0.5, 0.6) is 0 Å². The van der Waals surface area contributed by atoms with Gasteiger partial charge in [0.15, 0.2) is 0 Å². The molecule has 3 nitrogen and oxygen atoms in total. The summed E-state index contributed by atoms with van der Waals surface area (Å²) in [4.78, 5) is 11.6. The summed E-state index contributed by atoms with van der Waals surface area (Å²) in [7, 11) is 0. The number of carbonyl (C=O) groups is 1. The molecule has 0 aliphatic heterocycles. The standard InChI is InChI=1S/C13H19NO2/c1-4-12(13(15)16-5-2)14-11-8-6-7-10(3)9-11/h6-9,12,14H,4-5H2,1-3H3. The van der Waals surface area contributed by atoms with Gasteiger partial charge in [0.05, 0.1) is 6.61 Å². The van der Waals surface area contributed by atoms with Crippen molar-refractivity contribution in [3.8, 4) is 0 Å². The fourth-order valence-corrected chi connectivity index (χ4v) is 1.51. The summed E-state index contributed by atoms with van der Waals surface area (Å²) in [5, 5.41) is 3.18. The Bertz CT molecular complexity index is 350. The first-order chi connectivity index (χ1) is 7.67. The number of hydrogen-bond acceptors (Lipinski definition) is 3. The van der Waals surface area contributed by atoms with Crippen LogP contribution in [0.3, 0.4) is 0 Å². The minimum absolute atomic E-state index is 0.188. The lowest BCUT2D eigenvalue weighted by molar-refractivity contribution is -0.144. The van der Waals surface area contributed by atoms with E-state index in [2.05, 4.69) is 5.32 Å². The number of hydrogen-bond donors (Lipinski definition) is 1. The number of esters is 1. The molecule has 0 amide bonds. The molecule has 1 unspecified atom stereocenters. The highest BCUT2D eigenvalue weighted by molar-refractivity contribution is 5.79. The average molecular weight is 221 g/mol. The molecule has 0 radical (unpaired) electrons. The third-order valence-corrected chi connectivity index (χ3v) is 2.34. The number of ether oxygens (including phenoxy) is 1. The number of nitrogens with one attached hydrogen (secondary N) is 1. The predicted octanol–water partition coefficient (Wildman–Crippen LogP) is 2.75. The first-order valence-electron chi connectivity index (χ1n) is 5.67. The summed E-state index contributed by atoms with van der Waals surface area (Å²) in [5.74, 6) is -0.188. The minimum atomic E-state index is -0.262. The molecule has 0 saturated carbocycles. The maximum Gasteiger partial charge on any atom is 0.328 e. The number of benzene rings is 1. The molecule has 1 atom stereocenters. The van der Waals surface area contributed by atoms with Crippen molar-refractivity contribution in [2.24, 2.45) is 0 Å². The van der Waals surface area contributed by atoms with Crippen LogP contribution < -0.4 is 5.32 Å². The van der Waals surface area contributed by atoms with Crippen LogP contribution in [0.2, 0.25) is 0 Å². The van der Waals surface area contributed by atoms with Crippen molar-refractivity contribution in [2.45, 2.75) is 33.2 Å². The zero-order chi connectivity index (χ0) is 12.0. The highest BCUT2D eigenvalue weighted by atomic mass is 16.5. The zero-order valence-corrected chi connectivity index (χ0v) is 10.1. The van der Waals surface area contributed by atoms with Crippen molar-refractivity contribution in [3.63, 3.8) is 0 Å². The van der Waals surface area contributed by atoms with E-state index < -0.39 is 0 Å². The van der Waals surface area contributed by atoms with Crippen LogP contribution >= 0.6 is 0 Å². The largest absolute Gasteiger partial charge is 0.464 e. The van der Waals surface area contributed by atoms with Crippen LogP contribution in [-0.2, 0) is 9.53 Å². The van der Waals surface area contributed by atoms with Crippen LogP contribution in [0.25, 0.3) is 0 Å². The molecule has 88 valence electrons. The summed E-state index contributed by atoms with van der Waals surface area (Å²) in [6.45, 7) is 6.23. The van der Waals surface area contributed by atoms with Gasteiger partial charge in [-0.3, -0.25) is 0 Å². The van der Waals surface area contributed by atoms with Gasteiger partial charge in [-0.1, -0.05) is 19.1 Å². The second-order valence-electron chi connectivity index (χ2n) is 3.73. The Kier molecular flexibility index (Phi) is 4.83. The van der Waals surface area contributed by atoms with Crippen LogP contribution in [0.1, 0.15) is 25.8 Å². The molecule has 1 aromatic carbocycles. The molecule has 0 heterocycles. The van der Waals surface area contributed by atoms with E-state index in [4.69, 9.17) is 4.74 Å². The molecule has 0 fully saturated rings. The van der Waals surface area contributed by atoms with E-state index in [0.29, 0.717) is 13.0 Å². The molecule has 1 rings (SSSR count). The van der Waals surface area contributed by atoms with Crippen molar-refractivity contribution >= 4 is 11.7 Å². The molecule has 0 aliphatic rings. The first kappa shape index (κ1) is 12.6. The lowest BCUT2D eigenvalue weighted by Crippen LogP contribution is -2.30. The third-order valence-electron chi connectivity index (χ3n) is 2.34. The van der Waals surface area contributed by atoms with Gasteiger partial charge < -0.3 is 10.1 Å². The Morgan fingerprint density at radius 2 is 2.19 bits per heavy atom. The Hall–Kier alpha value is -1.51. The summed E-state index contributed by atoms with van der Waals surface area (Å²) >= 11 is 0. The van der Waals surface area contributed by atoms with Gasteiger partial charge in [0, 0.05) is 5.69 Å². The third kappa shape index (κ3) is 3.57. The molecular formula is C13H19NO2. The van der Waals surface area contributed by atoms with E-state index in [-0.39, 0.29) is 12.0 Å². The Morgan fingerprint density at radius 3 is 2.75 bits per heavy atom. The van der Waals surface area contributed by atoms with Crippen LogP contribution in [-0.4, -0.2) is 18.6 Å². The fourth-order valence-electron chi connectivity index (χ4n) is 1.51. The predicted molar refractivity (Wildman–Crippen MR) is 65.5 cm³/mol. The molecule has 1 N–H and O–H groups in total. The molecule has 0 aliphatic carbocycles. The zero-order valence-electron chi connectivity index (χ0n) is 10.1. The summed E-state index contributed by atoms with van der Waals surface area (Å²) in [6.07, 6.45) is 0.715. The average Bonchev–Trinajstić information content (AvgIpc) is 2.26. The smallest absolute Gasteiger partial charge is 0.328 e. The topological polar surface area (TPSA) is 38.3 Å². The van der Waals surface area contributed by atoms with E-state index in [9.17, 15) is 4.79 Å². The lowest BCUT2D eigenvalue weighted by Gasteiger charge is -2.16. The van der Waals surface area contributed by atoms with E-state index in [1.165, 1.54) is 5.56 Å². The molecule has 0 aromatic heterocycles. The molecule has 3 heteroatoms. The first-order valence-corrected chi connectivity index (χ1v) is 5.67. The van der Waals surface area contributed by atoms with Gasteiger partial charge in [0.2, 0.25) is 0 Å². The Labute approximate surface area is 96.8 Å². The Morgan fingerprint density at radius 1 is 1.44 bits per heavy atom. The van der Waals surface area contributed by atoms with Gasteiger partial charge in [0.25, 0.3) is 0 Å². The van der Waals surface area contributed by atoms with E-state index in [0.717, 1.165) is 5.69 Å². The second kappa shape index (κ2) is 6.16. The van der Waals surface area contributed by atoms with Gasteiger partial charge in [-0.25, -0.2) is 4.79 Å². The van der Waals surface area contributed by atoms with Crippen molar-refractivity contribution in [2.75, 3.05) is 11.9 Å². The quantitative estimate of drug-likeness (QED) is 0.777. The highest BCUT2D eigenvalue weighted by Gasteiger charge is 2.16. The molecule has 0 spiro atoms. The van der Waals surface area contributed by atoms with Crippen LogP contribution in [0.15, 0.2) is 24.3 Å².